The zero-order valence-electron chi connectivity index (χ0n) is 10.8. The smallest absolute Gasteiger partial charge is 0.240 e. The van der Waals surface area contributed by atoms with Gasteiger partial charge in [0.15, 0.2) is 0 Å². The topological polar surface area (TPSA) is 90.7 Å². The third-order valence-corrected chi connectivity index (χ3v) is 2.74. The molecule has 1 atom stereocenters. The van der Waals surface area contributed by atoms with E-state index >= 15 is 0 Å². The number of nitrogens with two attached hydrogens (primary N) is 1. The number of hydrogen-bond donors (Lipinski definition) is 1. The molecule has 2 aromatic rings. The van der Waals surface area contributed by atoms with Crippen LogP contribution in [0.15, 0.2) is 23.0 Å². The fraction of sp³-hybridized carbons (Fsp3) is 0.500. The highest BCUT2D eigenvalue weighted by atomic mass is 16.5. The van der Waals surface area contributed by atoms with Crippen molar-refractivity contribution in [3.8, 4) is 11.6 Å². The second kappa shape index (κ2) is 4.81. The Morgan fingerprint density at radius 2 is 1.89 bits per heavy atom. The summed E-state index contributed by atoms with van der Waals surface area (Å²) in [6.07, 6.45) is 3.82. The summed E-state index contributed by atoms with van der Waals surface area (Å²) in [4.78, 5) is 12.4. The predicted molar refractivity (Wildman–Crippen MR) is 66.5 cm³/mol. The van der Waals surface area contributed by atoms with E-state index < -0.39 is 0 Å². The van der Waals surface area contributed by atoms with Gasteiger partial charge >= 0.3 is 0 Å². The van der Waals surface area contributed by atoms with Crippen molar-refractivity contribution >= 4 is 0 Å². The highest BCUT2D eigenvalue weighted by Gasteiger charge is 2.23. The summed E-state index contributed by atoms with van der Waals surface area (Å²) in [7, 11) is 0. The summed E-state index contributed by atoms with van der Waals surface area (Å²) in [5, 5.41) is 3.85. The molecule has 0 aliphatic carbocycles. The minimum atomic E-state index is -0.0394. The third-order valence-electron chi connectivity index (χ3n) is 2.74. The lowest BCUT2D eigenvalue weighted by molar-refractivity contribution is 0.286. The van der Waals surface area contributed by atoms with Crippen LogP contribution in [0.1, 0.15) is 26.7 Å². The van der Waals surface area contributed by atoms with E-state index in [9.17, 15) is 0 Å². The molecule has 96 valence electrons. The SMILES string of the molecule is CC(C)(C)C(N)Cc1nc(-c2ncccn2)no1. The normalized spacial score (nSPS) is 13.6. The van der Waals surface area contributed by atoms with Crippen molar-refractivity contribution in [1.82, 2.24) is 20.1 Å². The van der Waals surface area contributed by atoms with E-state index in [0.29, 0.717) is 24.0 Å². The number of aromatic nitrogens is 4. The Labute approximate surface area is 106 Å². The molecular formula is C12H17N5O. The Kier molecular flexibility index (Phi) is 3.38. The summed E-state index contributed by atoms with van der Waals surface area (Å²) < 4.78 is 5.16. The molecule has 0 amide bonds. The van der Waals surface area contributed by atoms with Crippen molar-refractivity contribution in [2.24, 2.45) is 11.1 Å². The molecule has 0 saturated heterocycles. The molecule has 0 aromatic carbocycles. The van der Waals surface area contributed by atoms with Gasteiger partial charge in [-0.1, -0.05) is 25.9 Å². The Balaban J connectivity index is 2.12. The van der Waals surface area contributed by atoms with Gasteiger partial charge in [0.25, 0.3) is 0 Å². The molecule has 2 rings (SSSR count). The number of hydrogen-bond acceptors (Lipinski definition) is 6. The van der Waals surface area contributed by atoms with Gasteiger partial charge in [-0.2, -0.15) is 4.98 Å². The minimum absolute atomic E-state index is 0.00210. The Morgan fingerprint density at radius 3 is 2.50 bits per heavy atom. The maximum Gasteiger partial charge on any atom is 0.240 e. The molecule has 0 spiro atoms. The van der Waals surface area contributed by atoms with Crippen LogP contribution in [0.3, 0.4) is 0 Å². The van der Waals surface area contributed by atoms with Gasteiger partial charge in [-0.25, -0.2) is 9.97 Å². The fourth-order valence-electron chi connectivity index (χ4n) is 1.34. The lowest BCUT2D eigenvalue weighted by atomic mass is 9.85. The molecule has 0 aliphatic rings. The number of nitrogens with zero attached hydrogens (tertiary/aromatic N) is 4. The average Bonchev–Trinajstić information content (AvgIpc) is 2.77. The number of rotatable bonds is 3. The molecular weight excluding hydrogens is 230 g/mol. The fourth-order valence-corrected chi connectivity index (χ4v) is 1.34. The monoisotopic (exact) mass is 247 g/mol. The molecule has 6 heteroatoms. The van der Waals surface area contributed by atoms with E-state index in [1.54, 1.807) is 18.5 Å². The second-order valence-electron chi connectivity index (χ2n) is 5.26. The van der Waals surface area contributed by atoms with E-state index in [1.165, 1.54) is 0 Å². The van der Waals surface area contributed by atoms with Gasteiger partial charge in [0.05, 0.1) is 0 Å². The van der Waals surface area contributed by atoms with Crippen molar-refractivity contribution in [2.45, 2.75) is 33.2 Å². The van der Waals surface area contributed by atoms with Crippen LogP contribution >= 0.6 is 0 Å². The first-order chi connectivity index (χ1) is 8.47. The predicted octanol–water partition coefficient (Wildman–Crippen LogP) is 1.44. The van der Waals surface area contributed by atoms with Gasteiger partial charge in [-0.05, 0) is 11.5 Å². The highest BCUT2D eigenvalue weighted by Crippen LogP contribution is 2.20. The van der Waals surface area contributed by atoms with Gasteiger partial charge < -0.3 is 10.3 Å². The molecule has 1 unspecified atom stereocenters. The van der Waals surface area contributed by atoms with Crippen molar-refractivity contribution in [2.75, 3.05) is 0 Å². The Bertz CT molecular complexity index is 503. The van der Waals surface area contributed by atoms with E-state index in [1.807, 2.05) is 0 Å². The summed E-state index contributed by atoms with van der Waals surface area (Å²) in [5.74, 6) is 1.36. The van der Waals surface area contributed by atoms with Crippen LogP contribution in [0, 0.1) is 5.41 Å². The van der Waals surface area contributed by atoms with Crippen LogP contribution < -0.4 is 5.73 Å². The van der Waals surface area contributed by atoms with E-state index in [2.05, 4.69) is 40.9 Å². The summed E-state index contributed by atoms with van der Waals surface area (Å²) in [6, 6.07) is 1.70. The Morgan fingerprint density at radius 1 is 1.22 bits per heavy atom. The van der Waals surface area contributed by atoms with E-state index in [0.717, 1.165) is 0 Å². The maximum absolute atomic E-state index is 6.07. The van der Waals surface area contributed by atoms with E-state index in [4.69, 9.17) is 10.3 Å². The van der Waals surface area contributed by atoms with Crippen LogP contribution in [0.5, 0.6) is 0 Å². The first-order valence-electron chi connectivity index (χ1n) is 5.82. The lowest BCUT2D eigenvalue weighted by Crippen LogP contribution is -2.36. The van der Waals surface area contributed by atoms with Gasteiger partial charge in [0, 0.05) is 24.9 Å². The van der Waals surface area contributed by atoms with Crippen molar-refractivity contribution in [3.05, 3.63) is 24.4 Å². The van der Waals surface area contributed by atoms with Gasteiger partial charge in [0.1, 0.15) is 0 Å². The summed E-state index contributed by atoms with van der Waals surface area (Å²) in [5.41, 5.74) is 6.07. The molecule has 2 aromatic heterocycles. The van der Waals surface area contributed by atoms with Crippen LogP contribution in [0.2, 0.25) is 0 Å². The van der Waals surface area contributed by atoms with Crippen LogP contribution in [-0.2, 0) is 6.42 Å². The highest BCUT2D eigenvalue weighted by molar-refractivity contribution is 5.40. The molecule has 2 heterocycles. The van der Waals surface area contributed by atoms with Crippen molar-refractivity contribution in [3.63, 3.8) is 0 Å². The summed E-state index contributed by atoms with van der Waals surface area (Å²) in [6.45, 7) is 6.24. The molecule has 0 bridgehead atoms. The first kappa shape index (κ1) is 12.6. The zero-order chi connectivity index (χ0) is 13.2. The van der Waals surface area contributed by atoms with Gasteiger partial charge in [-0.3, -0.25) is 0 Å². The lowest BCUT2D eigenvalue weighted by Gasteiger charge is -2.25. The molecule has 18 heavy (non-hydrogen) atoms. The third kappa shape index (κ3) is 2.89. The summed E-state index contributed by atoms with van der Waals surface area (Å²) >= 11 is 0. The molecule has 6 nitrogen and oxygen atoms in total. The molecule has 0 radical (unpaired) electrons. The minimum Gasteiger partial charge on any atom is -0.339 e. The molecule has 0 fully saturated rings. The zero-order valence-corrected chi connectivity index (χ0v) is 10.8. The molecule has 0 saturated carbocycles. The van der Waals surface area contributed by atoms with E-state index in [-0.39, 0.29) is 11.5 Å². The van der Waals surface area contributed by atoms with Gasteiger partial charge in [-0.15, -0.1) is 0 Å². The molecule has 0 aliphatic heterocycles. The van der Waals surface area contributed by atoms with Crippen molar-refractivity contribution in [1.29, 1.82) is 0 Å². The van der Waals surface area contributed by atoms with Crippen molar-refractivity contribution < 1.29 is 4.52 Å². The molecule has 2 N–H and O–H groups in total. The van der Waals surface area contributed by atoms with Crippen LogP contribution in [0.25, 0.3) is 11.6 Å². The second-order valence-corrected chi connectivity index (χ2v) is 5.26. The largest absolute Gasteiger partial charge is 0.339 e. The standard InChI is InChI=1S/C12H17N5O/c1-12(2,3)8(13)7-9-16-11(17-18-9)10-14-5-4-6-15-10/h4-6,8H,7,13H2,1-3H3. The first-order valence-corrected chi connectivity index (χ1v) is 5.82. The Hall–Kier alpha value is -1.82. The average molecular weight is 247 g/mol. The quantitative estimate of drug-likeness (QED) is 0.882. The van der Waals surface area contributed by atoms with Crippen LogP contribution in [-0.4, -0.2) is 26.2 Å². The maximum atomic E-state index is 6.07. The van der Waals surface area contributed by atoms with Crippen LogP contribution in [0.4, 0.5) is 0 Å². The van der Waals surface area contributed by atoms with Gasteiger partial charge in [0.2, 0.25) is 17.5 Å².